The lowest BCUT2D eigenvalue weighted by atomic mass is 10.1. The van der Waals surface area contributed by atoms with E-state index in [0.29, 0.717) is 32.5 Å². The van der Waals surface area contributed by atoms with Crippen LogP contribution in [0.4, 0.5) is 0 Å². The topological polar surface area (TPSA) is 125 Å². The molecule has 9 heteroatoms. The molecule has 132 valence electrons. The zero-order valence-electron chi connectivity index (χ0n) is 13.0. The van der Waals surface area contributed by atoms with Crippen LogP contribution in [0.5, 0.6) is 0 Å². The molecule has 0 saturated carbocycles. The molecule has 0 aromatic rings. The molecule has 2 aliphatic heterocycles. The average Bonchev–Trinajstić information content (AvgIpc) is 3.01. The van der Waals surface area contributed by atoms with E-state index in [4.69, 9.17) is 5.73 Å². The Kier molecular flexibility index (Phi) is 10.4. The number of cyclic esters (lactones) is 2. The highest BCUT2D eigenvalue weighted by molar-refractivity contribution is 8.93. The number of ketones is 1. The van der Waals surface area contributed by atoms with Crippen molar-refractivity contribution in [2.75, 3.05) is 13.2 Å². The Balaban J connectivity index is 0.000000509. The lowest BCUT2D eigenvalue weighted by Crippen LogP contribution is -2.38. The first-order chi connectivity index (χ1) is 10.4. The van der Waals surface area contributed by atoms with Crippen molar-refractivity contribution >= 4 is 40.6 Å². The molecule has 0 aromatic heterocycles. The Hall–Kier alpha value is -1.48. The summed E-state index contributed by atoms with van der Waals surface area (Å²) >= 11 is 0. The maximum atomic E-state index is 11.3. The molecule has 23 heavy (non-hydrogen) atoms. The quantitative estimate of drug-likeness (QED) is 0.497. The molecule has 2 atom stereocenters. The number of carbonyl (C=O) groups excluding carboxylic acids is 4. The van der Waals surface area contributed by atoms with E-state index in [-0.39, 0.29) is 41.2 Å². The number of hydrogen-bond donors (Lipinski definition) is 2. The smallest absolute Gasteiger partial charge is 0.328 e. The van der Waals surface area contributed by atoms with Gasteiger partial charge in [-0.15, -0.1) is 17.0 Å². The number of ether oxygens (including phenoxy) is 2. The summed E-state index contributed by atoms with van der Waals surface area (Å²) in [5.74, 6) is -1.16. The second-order valence-electron chi connectivity index (χ2n) is 5.10. The summed E-state index contributed by atoms with van der Waals surface area (Å²) in [5, 5.41) is 2.48. The lowest BCUT2D eigenvalue weighted by molar-refractivity contribution is -0.142. The highest BCUT2D eigenvalue weighted by atomic mass is 79.9. The van der Waals surface area contributed by atoms with E-state index < -0.39 is 17.9 Å². The average molecular weight is 395 g/mol. The molecule has 0 bridgehead atoms. The summed E-state index contributed by atoms with van der Waals surface area (Å²) in [4.78, 5) is 43.6. The Morgan fingerprint density at radius 3 is 2.17 bits per heavy atom. The van der Waals surface area contributed by atoms with Gasteiger partial charge in [0, 0.05) is 19.3 Å². The summed E-state index contributed by atoms with van der Waals surface area (Å²) in [7, 11) is 0. The van der Waals surface area contributed by atoms with Crippen molar-refractivity contribution in [1.82, 2.24) is 5.32 Å². The van der Waals surface area contributed by atoms with Gasteiger partial charge in [0.15, 0.2) is 0 Å². The summed E-state index contributed by atoms with van der Waals surface area (Å²) < 4.78 is 9.18. The van der Waals surface area contributed by atoms with Crippen molar-refractivity contribution in [3.8, 4) is 0 Å². The van der Waals surface area contributed by atoms with Crippen LogP contribution in [-0.2, 0) is 28.7 Å². The van der Waals surface area contributed by atoms with E-state index in [0.717, 1.165) is 6.42 Å². The lowest BCUT2D eigenvalue weighted by Gasteiger charge is -2.07. The van der Waals surface area contributed by atoms with Gasteiger partial charge in [-0.2, -0.15) is 0 Å². The van der Waals surface area contributed by atoms with E-state index >= 15 is 0 Å². The van der Waals surface area contributed by atoms with Gasteiger partial charge in [-0.3, -0.25) is 14.4 Å². The number of esters is 2. The van der Waals surface area contributed by atoms with Gasteiger partial charge in [-0.05, 0) is 6.42 Å². The normalized spacial score (nSPS) is 22.2. The van der Waals surface area contributed by atoms with Crippen molar-refractivity contribution in [3.05, 3.63) is 0 Å². The van der Waals surface area contributed by atoms with E-state index in [9.17, 15) is 19.2 Å². The number of halogens is 1. The molecule has 1 unspecified atom stereocenters. The molecule has 3 N–H and O–H groups in total. The molecule has 2 aliphatic rings. The van der Waals surface area contributed by atoms with Crippen molar-refractivity contribution in [2.45, 2.75) is 51.1 Å². The van der Waals surface area contributed by atoms with Gasteiger partial charge < -0.3 is 20.5 Å². The first-order valence-electron chi connectivity index (χ1n) is 7.34. The van der Waals surface area contributed by atoms with Gasteiger partial charge in [-0.1, -0.05) is 6.92 Å². The summed E-state index contributed by atoms with van der Waals surface area (Å²) in [5.41, 5.74) is 5.20. The number of carbonyl (C=O) groups is 4. The molecular weight excluding hydrogens is 372 g/mol. The maximum absolute atomic E-state index is 11.3. The summed E-state index contributed by atoms with van der Waals surface area (Å²) in [6.07, 6.45) is 2.17. The van der Waals surface area contributed by atoms with Crippen LogP contribution in [0.3, 0.4) is 0 Å². The molecule has 2 saturated heterocycles. The third-order valence-electron chi connectivity index (χ3n) is 3.13. The second-order valence-corrected chi connectivity index (χ2v) is 5.10. The second kappa shape index (κ2) is 11.1. The van der Waals surface area contributed by atoms with E-state index in [1.807, 2.05) is 6.92 Å². The minimum absolute atomic E-state index is 0. The Morgan fingerprint density at radius 1 is 1.17 bits per heavy atom. The predicted octanol–water partition coefficient (Wildman–Crippen LogP) is 0.0159. The van der Waals surface area contributed by atoms with Crippen LogP contribution in [0, 0.1) is 0 Å². The van der Waals surface area contributed by atoms with Crippen molar-refractivity contribution in [3.63, 3.8) is 0 Å². The molecule has 2 rings (SSSR count). The summed E-state index contributed by atoms with van der Waals surface area (Å²) in [6.45, 7) is 2.72. The number of rotatable bonds is 5. The Bertz CT molecular complexity index is 443. The van der Waals surface area contributed by atoms with Crippen molar-refractivity contribution in [1.29, 1.82) is 0 Å². The van der Waals surface area contributed by atoms with Gasteiger partial charge in [0.2, 0.25) is 5.91 Å². The van der Waals surface area contributed by atoms with Crippen LogP contribution in [-0.4, -0.2) is 48.9 Å². The van der Waals surface area contributed by atoms with Crippen LogP contribution in [0.15, 0.2) is 0 Å². The molecular formula is C14H23BrN2O6. The maximum Gasteiger partial charge on any atom is 0.328 e. The van der Waals surface area contributed by atoms with Crippen LogP contribution in [0.2, 0.25) is 0 Å². The molecule has 0 radical (unpaired) electrons. The molecule has 2 fully saturated rings. The largest absolute Gasteiger partial charge is 0.464 e. The minimum Gasteiger partial charge on any atom is -0.464 e. The molecule has 2 heterocycles. The third kappa shape index (κ3) is 8.08. The van der Waals surface area contributed by atoms with Crippen molar-refractivity contribution in [2.24, 2.45) is 5.73 Å². The van der Waals surface area contributed by atoms with Crippen molar-refractivity contribution < 1.29 is 28.7 Å². The number of amides is 1. The van der Waals surface area contributed by atoms with Gasteiger partial charge in [-0.25, -0.2) is 4.79 Å². The van der Waals surface area contributed by atoms with E-state index in [2.05, 4.69) is 14.8 Å². The SMILES string of the molecule is Br.CCCC(=O)CC(=O)N[C@H]1CCOC1=O.NC1CCOC1=O. The number of Topliss-reactive ketones (excluding diaryl/α,β-unsaturated/α-hetero) is 1. The summed E-state index contributed by atoms with van der Waals surface area (Å²) in [6, 6.07) is -0.910. The Labute approximate surface area is 145 Å². The van der Waals surface area contributed by atoms with Gasteiger partial charge >= 0.3 is 11.9 Å². The van der Waals surface area contributed by atoms with E-state index in [1.165, 1.54) is 0 Å². The van der Waals surface area contributed by atoms with Gasteiger partial charge in [0.1, 0.15) is 17.9 Å². The fraction of sp³-hybridized carbons (Fsp3) is 0.714. The molecule has 0 spiro atoms. The van der Waals surface area contributed by atoms with Crippen LogP contribution < -0.4 is 11.1 Å². The van der Waals surface area contributed by atoms with Gasteiger partial charge in [0.05, 0.1) is 19.6 Å². The molecule has 1 amide bonds. The van der Waals surface area contributed by atoms with E-state index in [1.54, 1.807) is 0 Å². The standard InChI is InChI=1S/C10H15NO4.C4H7NO2.BrH/c1-2-3-7(12)6-9(13)11-8-4-5-15-10(8)14;5-3-1-2-7-4(3)6;/h8H,2-6H2,1H3,(H,11,13);3H,1-2,5H2;1H/t8-;;/m0../s1. The number of nitrogens with one attached hydrogen (secondary N) is 1. The zero-order valence-corrected chi connectivity index (χ0v) is 14.8. The third-order valence-corrected chi connectivity index (χ3v) is 3.13. The molecule has 8 nitrogen and oxygen atoms in total. The molecule has 0 aromatic carbocycles. The molecule has 0 aliphatic carbocycles. The predicted molar refractivity (Wildman–Crippen MR) is 85.9 cm³/mol. The Morgan fingerprint density at radius 2 is 1.78 bits per heavy atom. The highest BCUT2D eigenvalue weighted by Crippen LogP contribution is 2.06. The monoisotopic (exact) mass is 394 g/mol. The number of hydrogen-bond acceptors (Lipinski definition) is 7. The highest BCUT2D eigenvalue weighted by Gasteiger charge is 2.28. The van der Waals surface area contributed by atoms with Gasteiger partial charge in [0.25, 0.3) is 0 Å². The minimum atomic E-state index is -0.563. The first kappa shape index (κ1) is 21.5. The van der Waals surface area contributed by atoms with Crippen LogP contribution in [0.1, 0.15) is 39.0 Å². The zero-order chi connectivity index (χ0) is 16.5. The fourth-order valence-electron chi connectivity index (χ4n) is 1.93. The van der Waals surface area contributed by atoms with Crippen LogP contribution >= 0.6 is 17.0 Å². The first-order valence-corrected chi connectivity index (χ1v) is 7.34. The van der Waals surface area contributed by atoms with Crippen LogP contribution in [0.25, 0.3) is 0 Å². The number of nitrogens with two attached hydrogens (primary N) is 1. The fourth-order valence-corrected chi connectivity index (χ4v) is 1.93.